The molecule has 5 nitrogen and oxygen atoms in total. The summed E-state index contributed by atoms with van der Waals surface area (Å²) in [5.74, 6) is 1.24. The molecule has 0 saturated carbocycles. The Labute approximate surface area is 141 Å². The van der Waals surface area contributed by atoms with Crippen molar-refractivity contribution in [2.45, 2.75) is 0 Å². The van der Waals surface area contributed by atoms with Gasteiger partial charge in [0, 0.05) is 37.8 Å². The van der Waals surface area contributed by atoms with E-state index < -0.39 is 0 Å². The lowest BCUT2D eigenvalue weighted by molar-refractivity contribution is 0.312. The summed E-state index contributed by atoms with van der Waals surface area (Å²) >= 11 is 0. The normalized spacial score (nSPS) is 15.8. The largest absolute Gasteiger partial charge is 0.368 e. The van der Waals surface area contributed by atoms with E-state index >= 15 is 0 Å². The SMILES string of the molecule is CN1CCN(c2cc(-c3cccc4ccccc34)nc(N)n2)CC1. The molecule has 3 aromatic rings. The molecule has 0 spiro atoms. The highest BCUT2D eigenvalue weighted by Crippen LogP contribution is 2.29. The van der Waals surface area contributed by atoms with Gasteiger partial charge in [-0.3, -0.25) is 0 Å². The van der Waals surface area contributed by atoms with E-state index in [1.54, 1.807) is 0 Å². The molecule has 2 heterocycles. The molecule has 2 N–H and O–H groups in total. The quantitative estimate of drug-likeness (QED) is 0.787. The predicted octanol–water partition coefficient (Wildman–Crippen LogP) is 2.63. The molecule has 0 atom stereocenters. The molecule has 2 aromatic carbocycles. The first-order valence-corrected chi connectivity index (χ1v) is 8.27. The summed E-state index contributed by atoms with van der Waals surface area (Å²) < 4.78 is 0. The van der Waals surface area contributed by atoms with Crippen molar-refractivity contribution in [1.82, 2.24) is 14.9 Å². The first kappa shape index (κ1) is 14.9. The minimum absolute atomic E-state index is 0.328. The third kappa shape index (κ3) is 2.78. The van der Waals surface area contributed by atoms with Crippen molar-refractivity contribution in [2.75, 3.05) is 43.9 Å². The second-order valence-electron chi connectivity index (χ2n) is 6.29. The number of piperazine rings is 1. The molecule has 122 valence electrons. The van der Waals surface area contributed by atoms with E-state index in [0.717, 1.165) is 43.3 Å². The lowest BCUT2D eigenvalue weighted by Crippen LogP contribution is -2.44. The summed E-state index contributed by atoms with van der Waals surface area (Å²) in [4.78, 5) is 13.6. The van der Waals surface area contributed by atoms with Gasteiger partial charge in [-0.15, -0.1) is 0 Å². The Morgan fingerprint density at radius 2 is 1.67 bits per heavy atom. The van der Waals surface area contributed by atoms with Gasteiger partial charge in [0.25, 0.3) is 0 Å². The molecule has 1 aliphatic heterocycles. The first-order valence-electron chi connectivity index (χ1n) is 8.27. The van der Waals surface area contributed by atoms with Crippen LogP contribution in [0.5, 0.6) is 0 Å². The van der Waals surface area contributed by atoms with Gasteiger partial charge in [0.15, 0.2) is 0 Å². The van der Waals surface area contributed by atoms with Crippen molar-refractivity contribution >= 4 is 22.5 Å². The maximum absolute atomic E-state index is 6.02. The summed E-state index contributed by atoms with van der Waals surface area (Å²) in [5.41, 5.74) is 7.99. The number of rotatable bonds is 2. The van der Waals surface area contributed by atoms with E-state index in [4.69, 9.17) is 5.73 Å². The highest BCUT2D eigenvalue weighted by atomic mass is 15.3. The van der Waals surface area contributed by atoms with Crippen molar-refractivity contribution in [2.24, 2.45) is 0 Å². The zero-order chi connectivity index (χ0) is 16.5. The molecule has 5 heteroatoms. The first-order chi connectivity index (χ1) is 11.7. The number of nitrogens with two attached hydrogens (primary N) is 1. The number of likely N-dealkylation sites (N-methyl/N-ethyl adjacent to an activating group) is 1. The minimum Gasteiger partial charge on any atom is -0.368 e. The average molecular weight is 319 g/mol. The molecule has 1 aliphatic rings. The van der Waals surface area contributed by atoms with E-state index in [9.17, 15) is 0 Å². The summed E-state index contributed by atoms with van der Waals surface area (Å²) in [5, 5.41) is 2.38. The molecule has 0 amide bonds. The fourth-order valence-electron chi connectivity index (χ4n) is 3.24. The number of nitrogen functional groups attached to an aromatic ring is 1. The number of aromatic nitrogens is 2. The van der Waals surface area contributed by atoms with Gasteiger partial charge >= 0.3 is 0 Å². The third-order valence-electron chi connectivity index (χ3n) is 4.62. The predicted molar refractivity (Wildman–Crippen MR) is 99.1 cm³/mol. The van der Waals surface area contributed by atoms with Gasteiger partial charge in [0.1, 0.15) is 5.82 Å². The second-order valence-corrected chi connectivity index (χ2v) is 6.29. The van der Waals surface area contributed by atoms with Crippen LogP contribution in [0.2, 0.25) is 0 Å². The smallest absolute Gasteiger partial charge is 0.222 e. The molecule has 24 heavy (non-hydrogen) atoms. The van der Waals surface area contributed by atoms with Crippen molar-refractivity contribution in [3.05, 3.63) is 48.5 Å². The lowest BCUT2D eigenvalue weighted by atomic mass is 10.0. The number of hydrogen-bond donors (Lipinski definition) is 1. The maximum Gasteiger partial charge on any atom is 0.222 e. The van der Waals surface area contributed by atoms with Gasteiger partial charge in [0.05, 0.1) is 5.69 Å². The number of benzene rings is 2. The standard InChI is InChI=1S/C19H21N5/c1-23-9-11-24(12-10-23)18-13-17(21-19(20)22-18)16-8-4-6-14-5-2-3-7-15(14)16/h2-8,13H,9-12H2,1H3,(H2,20,21,22). The average Bonchev–Trinajstić information content (AvgIpc) is 2.61. The van der Waals surface area contributed by atoms with Crippen LogP contribution in [-0.2, 0) is 0 Å². The van der Waals surface area contributed by atoms with Gasteiger partial charge in [-0.05, 0) is 17.8 Å². The van der Waals surface area contributed by atoms with E-state index in [2.05, 4.69) is 75.3 Å². The van der Waals surface area contributed by atoms with Gasteiger partial charge < -0.3 is 15.5 Å². The molecule has 4 rings (SSSR count). The molecule has 0 radical (unpaired) electrons. The van der Waals surface area contributed by atoms with Gasteiger partial charge in [-0.25, -0.2) is 4.98 Å². The molecule has 1 fully saturated rings. The number of fused-ring (bicyclic) bond motifs is 1. The molecule has 1 aromatic heterocycles. The molecule has 0 bridgehead atoms. The summed E-state index contributed by atoms with van der Waals surface area (Å²) in [7, 11) is 2.15. The highest BCUT2D eigenvalue weighted by molar-refractivity contribution is 5.96. The Morgan fingerprint density at radius 3 is 2.50 bits per heavy atom. The topological polar surface area (TPSA) is 58.3 Å². The van der Waals surface area contributed by atoms with Crippen molar-refractivity contribution in [1.29, 1.82) is 0 Å². The van der Waals surface area contributed by atoms with Crippen LogP contribution in [0.1, 0.15) is 0 Å². The second kappa shape index (κ2) is 6.09. The van der Waals surface area contributed by atoms with Gasteiger partial charge in [-0.1, -0.05) is 42.5 Å². The van der Waals surface area contributed by atoms with Crippen molar-refractivity contribution < 1.29 is 0 Å². The molecule has 0 unspecified atom stereocenters. The number of nitrogens with zero attached hydrogens (tertiary/aromatic N) is 4. The molecular weight excluding hydrogens is 298 g/mol. The van der Waals surface area contributed by atoms with Crippen LogP contribution in [0.15, 0.2) is 48.5 Å². The van der Waals surface area contributed by atoms with Crippen LogP contribution in [0, 0.1) is 0 Å². The third-order valence-corrected chi connectivity index (χ3v) is 4.62. The van der Waals surface area contributed by atoms with Crippen LogP contribution in [0.3, 0.4) is 0 Å². The summed E-state index contributed by atoms with van der Waals surface area (Å²) in [6.45, 7) is 3.99. The summed E-state index contributed by atoms with van der Waals surface area (Å²) in [6, 6.07) is 16.7. The Kier molecular flexibility index (Phi) is 3.78. The Bertz CT molecular complexity index is 863. The molecule has 0 aliphatic carbocycles. The van der Waals surface area contributed by atoms with Crippen molar-refractivity contribution in [3.8, 4) is 11.3 Å². The fourth-order valence-corrected chi connectivity index (χ4v) is 3.24. The number of hydrogen-bond acceptors (Lipinski definition) is 5. The van der Waals surface area contributed by atoms with E-state index in [1.165, 1.54) is 10.8 Å². The molecular formula is C19H21N5. The van der Waals surface area contributed by atoms with E-state index in [-0.39, 0.29) is 0 Å². The van der Waals surface area contributed by atoms with E-state index in [0.29, 0.717) is 5.95 Å². The van der Waals surface area contributed by atoms with Gasteiger partial charge in [-0.2, -0.15) is 4.98 Å². The van der Waals surface area contributed by atoms with Crippen LogP contribution in [0.4, 0.5) is 11.8 Å². The van der Waals surface area contributed by atoms with Crippen LogP contribution in [0.25, 0.3) is 22.0 Å². The Hall–Kier alpha value is -2.66. The minimum atomic E-state index is 0.328. The summed E-state index contributed by atoms with van der Waals surface area (Å²) in [6.07, 6.45) is 0. The monoisotopic (exact) mass is 319 g/mol. The zero-order valence-corrected chi connectivity index (χ0v) is 13.8. The highest BCUT2D eigenvalue weighted by Gasteiger charge is 2.17. The maximum atomic E-state index is 6.02. The Morgan fingerprint density at radius 1 is 0.917 bits per heavy atom. The molecule has 1 saturated heterocycles. The van der Waals surface area contributed by atoms with Crippen LogP contribution >= 0.6 is 0 Å². The van der Waals surface area contributed by atoms with Crippen LogP contribution in [-0.4, -0.2) is 48.1 Å². The zero-order valence-electron chi connectivity index (χ0n) is 13.8. The van der Waals surface area contributed by atoms with Gasteiger partial charge in [0.2, 0.25) is 5.95 Å². The Balaban J connectivity index is 1.78. The van der Waals surface area contributed by atoms with Crippen molar-refractivity contribution in [3.63, 3.8) is 0 Å². The number of anilines is 2. The van der Waals surface area contributed by atoms with Crippen LogP contribution < -0.4 is 10.6 Å². The lowest BCUT2D eigenvalue weighted by Gasteiger charge is -2.33. The van der Waals surface area contributed by atoms with E-state index in [1.807, 2.05) is 0 Å². The fraction of sp³-hybridized carbons (Fsp3) is 0.263.